The summed E-state index contributed by atoms with van der Waals surface area (Å²) in [6, 6.07) is 4.88. The van der Waals surface area contributed by atoms with Crippen LogP contribution in [-0.2, 0) is 6.18 Å². The molecule has 0 spiro atoms. The van der Waals surface area contributed by atoms with E-state index in [9.17, 15) is 33.3 Å². The van der Waals surface area contributed by atoms with Crippen molar-refractivity contribution >= 4 is 23.7 Å². The van der Waals surface area contributed by atoms with Crippen LogP contribution in [0.1, 0.15) is 21.5 Å². The summed E-state index contributed by atoms with van der Waals surface area (Å²) in [5, 5.41) is 31.0. The Morgan fingerprint density at radius 3 is 2.44 bits per heavy atom. The van der Waals surface area contributed by atoms with Gasteiger partial charge in [-0.2, -0.15) is 18.3 Å². The number of hydrazone groups is 1. The molecule has 0 aliphatic heterocycles. The number of phenols is 3. The Hall–Kier alpha value is -2.94. The predicted molar refractivity (Wildman–Crippen MR) is 83.0 cm³/mol. The van der Waals surface area contributed by atoms with Crippen molar-refractivity contribution in [2.24, 2.45) is 5.10 Å². The van der Waals surface area contributed by atoms with E-state index in [1.54, 1.807) is 0 Å². The maximum Gasteiger partial charge on any atom is 0.417 e. The third-order valence-corrected chi connectivity index (χ3v) is 3.39. The van der Waals surface area contributed by atoms with Crippen molar-refractivity contribution in [1.29, 1.82) is 0 Å². The molecule has 0 heterocycles. The number of alkyl halides is 3. The average molecular weight is 375 g/mol. The molecule has 0 saturated carbocycles. The number of hydrogen-bond acceptors (Lipinski definition) is 5. The van der Waals surface area contributed by atoms with Crippen LogP contribution in [0.25, 0.3) is 0 Å². The van der Waals surface area contributed by atoms with E-state index in [0.717, 1.165) is 24.4 Å². The van der Waals surface area contributed by atoms with Crippen LogP contribution >= 0.6 is 11.6 Å². The highest BCUT2D eigenvalue weighted by atomic mass is 35.5. The predicted octanol–water partition coefficient (Wildman–Crippen LogP) is 3.24. The van der Waals surface area contributed by atoms with Crippen molar-refractivity contribution in [3.05, 3.63) is 52.0 Å². The Bertz CT molecular complexity index is 853. The zero-order valence-electron chi connectivity index (χ0n) is 12.2. The normalized spacial score (nSPS) is 11.7. The zero-order chi connectivity index (χ0) is 18.8. The molecule has 0 fully saturated rings. The van der Waals surface area contributed by atoms with Gasteiger partial charge in [-0.25, -0.2) is 5.43 Å². The van der Waals surface area contributed by atoms with Crippen molar-refractivity contribution in [3.8, 4) is 17.2 Å². The van der Waals surface area contributed by atoms with Gasteiger partial charge >= 0.3 is 6.18 Å². The first kappa shape index (κ1) is 18.4. The molecular formula is C15H10ClF3N2O4. The molecule has 0 aliphatic rings. The number of rotatable bonds is 3. The number of benzene rings is 2. The lowest BCUT2D eigenvalue weighted by Crippen LogP contribution is -2.18. The number of hydrogen-bond donors (Lipinski definition) is 4. The van der Waals surface area contributed by atoms with Gasteiger partial charge in [-0.05, 0) is 30.3 Å². The molecule has 4 N–H and O–H groups in total. The number of halogens is 4. The molecule has 1 amide bonds. The molecule has 0 aromatic heterocycles. The fourth-order valence-electron chi connectivity index (χ4n) is 1.80. The smallest absolute Gasteiger partial charge is 0.417 e. The average Bonchev–Trinajstić information content (AvgIpc) is 2.54. The molecule has 0 saturated heterocycles. The van der Waals surface area contributed by atoms with Crippen molar-refractivity contribution < 1.29 is 33.3 Å². The summed E-state index contributed by atoms with van der Waals surface area (Å²) in [5.41, 5.74) is 0.445. The van der Waals surface area contributed by atoms with Crippen LogP contribution in [0.4, 0.5) is 13.2 Å². The fraction of sp³-hybridized carbons (Fsp3) is 0.0667. The number of nitrogens with zero attached hydrogens (tertiary/aromatic N) is 1. The van der Waals surface area contributed by atoms with Crippen LogP contribution in [0.3, 0.4) is 0 Å². The molecule has 0 bridgehead atoms. The van der Waals surface area contributed by atoms with Crippen LogP contribution in [0.2, 0.25) is 5.02 Å². The molecule has 0 atom stereocenters. The second kappa shape index (κ2) is 6.89. The first-order chi connectivity index (χ1) is 11.6. The van der Waals surface area contributed by atoms with Gasteiger partial charge in [0.2, 0.25) is 5.75 Å². The monoisotopic (exact) mass is 374 g/mol. The maximum absolute atomic E-state index is 12.8. The number of nitrogens with one attached hydrogen (secondary N) is 1. The van der Waals surface area contributed by atoms with Gasteiger partial charge in [-0.1, -0.05) is 11.6 Å². The molecule has 6 nitrogen and oxygen atoms in total. The molecular weight excluding hydrogens is 365 g/mol. The Morgan fingerprint density at radius 1 is 1.12 bits per heavy atom. The quantitative estimate of drug-likeness (QED) is 0.376. The van der Waals surface area contributed by atoms with Gasteiger partial charge in [0.1, 0.15) is 0 Å². The summed E-state index contributed by atoms with van der Waals surface area (Å²) in [4.78, 5) is 11.8. The van der Waals surface area contributed by atoms with E-state index in [1.807, 2.05) is 5.43 Å². The molecule has 2 rings (SSSR count). The fourth-order valence-corrected chi connectivity index (χ4v) is 2.02. The van der Waals surface area contributed by atoms with Crippen LogP contribution in [0, 0.1) is 0 Å². The highest BCUT2D eigenvalue weighted by Gasteiger charge is 2.33. The second-order valence-electron chi connectivity index (χ2n) is 4.76. The minimum absolute atomic E-state index is 0.0392. The van der Waals surface area contributed by atoms with E-state index < -0.39 is 39.9 Å². The third-order valence-electron chi connectivity index (χ3n) is 3.06. The van der Waals surface area contributed by atoms with E-state index >= 15 is 0 Å². The number of carbonyl (C=O) groups excluding carboxylic acids is 1. The van der Waals surface area contributed by atoms with Crippen molar-refractivity contribution in [2.45, 2.75) is 6.18 Å². The Kier molecular flexibility index (Phi) is 5.07. The highest BCUT2D eigenvalue weighted by Crippen LogP contribution is 2.36. The summed E-state index contributed by atoms with van der Waals surface area (Å²) in [7, 11) is 0. The molecule has 2 aromatic carbocycles. The summed E-state index contributed by atoms with van der Waals surface area (Å²) in [6.45, 7) is 0. The van der Waals surface area contributed by atoms with Gasteiger partial charge in [0.05, 0.1) is 16.8 Å². The largest absolute Gasteiger partial charge is 0.504 e. The SMILES string of the molecule is O=C(NN=Cc1ccc(O)c(O)c1O)c1ccc(Cl)c(C(F)(F)F)c1. The molecule has 0 radical (unpaired) electrons. The van der Waals surface area contributed by atoms with Gasteiger partial charge in [0.15, 0.2) is 11.5 Å². The number of phenolic OH excluding ortho intramolecular Hbond substituents is 3. The molecule has 0 unspecified atom stereocenters. The van der Waals surface area contributed by atoms with Gasteiger partial charge in [0.25, 0.3) is 5.91 Å². The molecule has 10 heteroatoms. The lowest BCUT2D eigenvalue weighted by molar-refractivity contribution is -0.137. The molecule has 25 heavy (non-hydrogen) atoms. The van der Waals surface area contributed by atoms with Crippen molar-refractivity contribution in [2.75, 3.05) is 0 Å². The molecule has 2 aromatic rings. The first-order valence-electron chi connectivity index (χ1n) is 6.55. The Morgan fingerprint density at radius 2 is 1.80 bits per heavy atom. The summed E-state index contributed by atoms with van der Waals surface area (Å²) >= 11 is 5.46. The third kappa shape index (κ3) is 4.13. The van der Waals surface area contributed by atoms with Crippen LogP contribution < -0.4 is 5.43 Å². The van der Waals surface area contributed by atoms with Crippen molar-refractivity contribution in [3.63, 3.8) is 0 Å². The van der Waals surface area contributed by atoms with E-state index in [4.69, 9.17) is 11.6 Å². The van der Waals surface area contributed by atoms with Crippen LogP contribution in [-0.4, -0.2) is 27.4 Å². The minimum atomic E-state index is -4.72. The lowest BCUT2D eigenvalue weighted by atomic mass is 10.1. The highest BCUT2D eigenvalue weighted by molar-refractivity contribution is 6.31. The number of aromatic hydroxyl groups is 3. The van der Waals surface area contributed by atoms with Crippen LogP contribution in [0.5, 0.6) is 17.2 Å². The van der Waals surface area contributed by atoms with Crippen molar-refractivity contribution in [1.82, 2.24) is 5.43 Å². The summed E-state index contributed by atoms with van der Waals surface area (Å²) in [6.07, 6.45) is -3.78. The van der Waals surface area contributed by atoms with E-state index in [1.165, 1.54) is 6.07 Å². The number of amides is 1. The lowest BCUT2D eigenvalue weighted by Gasteiger charge is -2.10. The first-order valence-corrected chi connectivity index (χ1v) is 6.93. The van der Waals surface area contributed by atoms with Gasteiger partial charge in [0, 0.05) is 11.1 Å². The Balaban J connectivity index is 2.17. The molecule has 0 aliphatic carbocycles. The Labute approximate surface area is 143 Å². The van der Waals surface area contributed by atoms with Gasteiger partial charge in [-0.15, -0.1) is 0 Å². The molecule has 132 valence electrons. The van der Waals surface area contributed by atoms with E-state index in [0.29, 0.717) is 6.07 Å². The minimum Gasteiger partial charge on any atom is -0.504 e. The zero-order valence-corrected chi connectivity index (χ0v) is 12.9. The summed E-state index contributed by atoms with van der Waals surface area (Å²) < 4.78 is 38.3. The standard InChI is InChI=1S/C15H10ClF3N2O4/c16-10-3-1-7(5-9(10)15(17,18)19)14(25)21-20-6-8-2-4-11(22)13(24)12(8)23/h1-6,22-24H,(H,21,25). The van der Waals surface area contributed by atoms with Gasteiger partial charge in [-0.3, -0.25) is 4.79 Å². The maximum atomic E-state index is 12.8. The number of carbonyl (C=O) groups is 1. The van der Waals surface area contributed by atoms with E-state index in [-0.39, 0.29) is 11.1 Å². The second-order valence-corrected chi connectivity index (χ2v) is 5.17. The summed E-state index contributed by atoms with van der Waals surface area (Å²) in [5.74, 6) is -2.95. The van der Waals surface area contributed by atoms with Gasteiger partial charge < -0.3 is 15.3 Å². The van der Waals surface area contributed by atoms with E-state index in [2.05, 4.69) is 5.10 Å². The van der Waals surface area contributed by atoms with Crippen LogP contribution in [0.15, 0.2) is 35.4 Å². The topological polar surface area (TPSA) is 102 Å².